The van der Waals surface area contributed by atoms with Crippen LogP contribution in [0.25, 0.3) is 0 Å². The molecular weight excluding hydrogens is 268 g/mol. The molecule has 2 fully saturated rings. The van der Waals surface area contributed by atoms with Gasteiger partial charge in [0.1, 0.15) is 11.4 Å². The number of imidazole rings is 1. The molecule has 1 aliphatic carbocycles. The van der Waals surface area contributed by atoms with Crippen molar-refractivity contribution < 1.29 is 9.53 Å². The van der Waals surface area contributed by atoms with E-state index < -0.39 is 5.54 Å². The second kappa shape index (κ2) is 5.10. The Bertz CT molecular complexity index is 514. The van der Waals surface area contributed by atoms with Gasteiger partial charge in [0, 0.05) is 43.3 Å². The molecule has 3 unspecified atom stereocenters. The number of rotatable bonds is 4. The Balaban J connectivity index is 1.62. The van der Waals surface area contributed by atoms with Crippen molar-refractivity contribution in [3.63, 3.8) is 0 Å². The number of H-pyrrole nitrogens is 1. The summed E-state index contributed by atoms with van der Waals surface area (Å²) in [6, 6.07) is 0. The van der Waals surface area contributed by atoms with Gasteiger partial charge in [0.25, 0.3) is 0 Å². The lowest BCUT2D eigenvalue weighted by Crippen LogP contribution is -2.82. The molecule has 6 nitrogen and oxygen atoms in total. The third-order valence-electron chi connectivity index (χ3n) is 5.26. The molecule has 0 bridgehead atoms. The molecule has 2 heterocycles. The number of ether oxygens (including phenoxy) is 1. The first-order chi connectivity index (χ1) is 9.98. The number of carbonyl (C=O) groups is 1. The van der Waals surface area contributed by atoms with Crippen LogP contribution in [0.3, 0.4) is 0 Å². The molecule has 1 saturated heterocycles. The Hall–Kier alpha value is -1.40. The van der Waals surface area contributed by atoms with Gasteiger partial charge in [-0.05, 0) is 12.8 Å². The quantitative estimate of drug-likeness (QED) is 0.757. The maximum absolute atomic E-state index is 12.6. The summed E-state index contributed by atoms with van der Waals surface area (Å²) in [5, 5.41) is 2.97. The van der Waals surface area contributed by atoms with E-state index in [1.165, 1.54) is 0 Å². The van der Waals surface area contributed by atoms with Crippen LogP contribution in [-0.4, -0.2) is 40.7 Å². The van der Waals surface area contributed by atoms with E-state index in [0.29, 0.717) is 13.0 Å². The smallest absolute Gasteiger partial charge is 0.241 e. The average molecular weight is 292 g/mol. The lowest BCUT2D eigenvalue weighted by atomic mass is 9.46. The van der Waals surface area contributed by atoms with E-state index in [9.17, 15) is 4.79 Å². The zero-order valence-electron chi connectivity index (χ0n) is 12.7. The van der Waals surface area contributed by atoms with Gasteiger partial charge in [-0.25, -0.2) is 4.98 Å². The van der Waals surface area contributed by atoms with Crippen LogP contribution in [0.15, 0.2) is 12.4 Å². The van der Waals surface area contributed by atoms with Crippen molar-refractivity contribution >= 4 is 5.91 Å². The molecule has 1 amide bonds. The van der Waals surface area contributed by atoms with E-state index in [-0.39, 0.29) is 23.3 Å². The summed E-state index contributed by atoms with van der Waals surface area (Å²) in [6.07, 6.45) is 6.22. The number of hydrogen-bond acceptors (Lipinski definition) is 4. The molecule has 1 aromatic heterocycles. The number of nitrogens with two attached hydrogens (primary N) is 1. The molecule has 1 aliphatic heterocycles. The number of hydrogen-bond donors (Lipinski definition) is 3. The first kappa shape index (κ1) is 14.5. The summed E-state index contributed by atoms with van der Waals surface area (Å²) in [5.74, 6) is 0.934. The largest absolute Gasteiger partial charge is 0.377 e. The lowest BCUT2D eigenvalue weighted by Gasteiger charge is -2.65. The number of amides is 1. The summed E-state index contributed by atoms with van der Waals surface area (Å²) in [7, 11) is 0. The van der Waals surface area contributed by atoms with Crippen LogP contribution in [0.1, 0.15) is 32.5 Å². The molecular formula is C15H24N4O2. The normalized spacial score (nSPS) is 33.9. The van der Waals surface area contributed by atoms with E-state index in [2.05, 4.69) is 15.3 Å². The maximum Gasteiger partial charge on any atom is 0.241 e. The molecule has 4 N–H and O–H groups in total. The summed E-state index contributed by atoms with van der Waals surface area (Å²) in [6.45, 7) is 5.39. The van der Waals surface area contributed by atoms with Crippen LogP contribution >= 0.6 is 0 Å². The van der Waals surface area contributed by atoms with Crippen molar-refractivity contribution in [2.45, 2.75) is 44.8 Å². The van der Waals surface area contributed by atoms with E-state index in [0.717, 1.165) is 25.3 Å². The van der Waals surface area contributed by atoms with Crippen molar-refractivity contribution in [2.24, 2.45) is 17.1 Å². The highest BCUT2D eigenvalue weighted by atomic mass is 16.5. The highest BCUT2D eigenvalue weighted by Crippen LogP contribution is 2.57. The maximum atomic E-state index is 12.6. The van der Waals surface area contributed by atoms with Crippen molar-refractivity contribution in [1.29, 1.82) is 0 Å². The summed E-state index contributed by atoms with van der Waals surface area (Å²) >= 11 is 0. The Morgan fingerprint density at radius 2 is 2.43 bits per heavy atom. The van der Waals surface area contributed by atoms with Crippen molar-refractivity contribution in [3.8, 4) is 0 Å². The van der Waals surface area contributed by atoms with Gasteiger partial charge in [0.15, 0.2) is 0 Å². The molecule has 21 heavy (non-hydrogen) atoms. The standard InChI is InChI=1S/C15H24N4O2/c1-14(2)12-10(4-3-9-21-12)15(14,16)13(20)19-6-5-11-17-7-8-18-11/h7-8,10,12H,3-6,9,16H2,1-2H3,(H,17,18)(H,19,20). The monoisotopic (exact) mass is 292 g/mol. The SMILES string of the molecule is CC1(C)C2OCCCC2C1(N)C(=O)NCCc1ncc[nH]1. The Labute approximate surface area is 124 Å². The van der Waals surface area contributed by atoms with Gasteiger partial charge < -0.3 is 20.8 Å². The predicted octanol–water partition coefficient (Wildman–Crippen LogP) is 0.601. The Morgan fingerprint density at radius 1 is 1.62 bits per heavy atom. The van der Waals surface area contributed by atoms with Crippen LogP contribution in [-0.2, 0) is 16.0 Å². The van der Waals surface area contributed by atoms with Crippen molar-refractivity contribution in [1.82, 2.24) is 15.3 Å². The van der Waals surface area contributed by atoms with Gasteiger partial charge in [-0.1, -0.05) is 13.8 Å². The number of aromatic amines is 1. The molecule has 0 radical (unpaired) electrons. The first-order valence-corrected chi connectivity index (χ1v) is 7.65. The van der Waals surface area contributed by atoms with Gasteiger partial charge in [-0.2, -0.15) is 0 Å². The van der Waals surface area contributed by atoms with Crippen LogP contribution in [0.2, 0.25) is 0 Å². The average Bonchev–Trinajstić information content (AvgIpc) is 2.99. The zero-order chi connectivity index (χ0) is 15.1. The van der Waals surface area contributed by atoms with Gasteiger partial charge in [-0.3, -0.25) is 4.79 Å². The fourth-order valence-corrected chi connectivity index (χ4v) is 3.91. The van der Waals surface area contributed by atoms with E-state index >= 15 is 0 Å². The molecule has 6 heteroatoms. The minimum atomic E-state index is -0.832. The van der Waals surface area contributed by atoms with E-state index in [1.54, 1.807) is 12.4 Å². The van der Waals surface area contributed by atoms with Crippen molar-refractivity contribution in [3.05, 3.63) is 18.2 Å². The van der Waals surface area contributed by atoms with Gasteiger partial charge >= 0.3 is 0 Å². The Kier molecular flexibility index (Phi) is 3.53. The summed E-state index contributed by atoms with van der Waals surface area (Å²) < 4.78 is 5.83. The number of nitrogens with zero attached hydrogens (tertiary/aromatic N) is 1. The third kappa shape index (κ3) is 2.08. The molecule has 1 aromatic rings. The fraction of sp³-hybridized carbons (Fsp3) is 0.733. The number of carbonyl (C=O) groups excluding carboxylic acids is 1. The van der Waals surface area contributed by atoms with E-state index in [4.69, 9.17) is 10.5 Å². The van der Waals surface area contributed by atoms with Crippen LogP contribution in [0.5, 0.6) is 0 Å². The lowest BCUT2D eigenvalue weighted by molar-refractivity contribution is -0.225. The Morgan fingerprint density at radius 3 is 3.14 bits per heavy atom. The number of aromatic nitrogens is 2. The van der Waals surface area contributed by atoms with Gasteiger partial charge in [-0.15, -0.1) is 0 Å². The highest BCUT2D eigenvalue weighted by molar-refractivity contribution is 5.89. The molecule has 116 valence electrons. The summed E-state index contributed by atoms with van der Waals surface area (Å²) in [4.78, 5) is 19.8. The molecule has 1 saturated carbocycles. The second-order valence-corrected chi connectivity index (χ2v) is 6.67. The topological polar surface area (TPSA) is 93.0 Å². The molecule has 0 aromatic carbocycles. The summed E-state index contributed by atoms with van der Waals surface area (Å²) in [5.41, 5.74) is 5.36. The van der Waals surface area contributed by atoms with Crippen LogP contribution in [0, 0.1) is 11.3 Å². The van der Waals surface area contributed by atoms with E-state index in [1.807, 2.05) is 13.8 Å². The molecule has 3 atom stereocenters. The highest BCUT2D eigenvalue weighted by Gasteiger charge is 2.70. The third-order valence-corrected chi connectivity index (χ3v) is 5.26. The first-order valence-electron chi connectivity index (χ1n) is 7.65. The fourth-order valence-electron chi connectivity index (χ4n) is 3.91. The zero-order valence-corrected chi connectivity index (χ0v) is 12.7. The predicted molar refractivity (Wildman–Crippen MR) is 78.5 cm³/mol. The second-order valence-electron chi connectivity index (χ2n) is 6.67. The number of fused-ring (bicyclic) bond motifs is 1. The minimum absolute atomic E-state index is 0.0641. The van der Waals surface area contributed by atoms with Crippen molar-refractivity contribution in [2.75, 3.05) is 13.2 Å². The van der Waals surface area contributed by atoms with Gasteiger partial charge in [0.2, 0.25) is 5.91 Å². The molecule has 2 aliphatic rings. The number of nitrogens with one attached hydrogen (secondary N) is 2. The minimum Gasteiger partial charge on any atom is -0.377 e. The van der Waals surface area contributed by atoms with Gasteiger partial charge in [0.05, 0.1) is 6.10 Å². The van der Waals surface area contributed by atoms with Crippen LogP contribution < -0.4 is 11.1 Å². The molecule has 0 spiro atoms. The molecule has 3 rings (SSSR count). The van der Waals surface area contributed by atoms with Crippen LogP contribution in [0.4, 0.5) is 0 Å².